The molecule has 0 aliphatic carbocycles. The fourth-order valence-electron chi connectivity index (χ4n) is 6.55. The lowest BCUT2D eigenvalue weighted by molar-refractivity contribution is 0.840. The Bertz CT molecular complexity index is 2210. The zero-order chi connectivity index (χ0) is 34.2. The van der Waals surface area contributed by atoms with E-state index in [0.29, 0.717) is 0 Å². The molecule has 49 heavy (non-hydrogen) atoms. The fraction of sp³-hybridized carbons (Fsp3) is 0.128. The third-order valence-corrected chi connectivity index (χ3v) is 8.90. The SMILES string of the molecule is CC.Cc1ccc(N(c2ccccc2)C2C=CC(c3ccccc3)=N2)cc1.Cc1ccc2ccccc2c1-c1cccc2cccc(C)c12. The lowest BCUT2D eigenvalue weighted by Gasteiger charge is -2.28. The minimum atomic E-state index is -0.0414. The van der Waals surface area contributed by atoms with Gasteiger partial charge in [0, 0.05) is 11.4 Å². The predicted octanol–water partition coefficient (Wildman–Crippen LogP) is 12.8. The molecule has 1 aliphatic heterocycles. The molecule has 242 valence electrons. The first-order valence-electron chi connectivity index (χ1n) is 17.3. The van der Waals surface area contributed by atoms with E-state index in [0.717, 1.165) is 22.6 Å². The van der Waals surface area contributed by atoms with Crippen molar-refractivity contribution in [3.63, 3.8) is 0 Å². The summed E-state index contributed by atoms with van der Waals surface area (Å²) in [5, 5.41) is 5.31. The average Bonchev–Trinajstić information content (AvgIpc) is 3.64. The highest BCUT2D eigenvalue weighted by Gasteiger charge is 2.22. The summed E-state index contributed by atoms with van der Waals surface area (Å²) in [5.41, 5.74) is 11.1. The first-order chi connectivity index (χ1) is 24.1. The van der Waals surface area contributed by atoms with Gasteiger partial charge < -0.3 is 4.90 Å². The minimum absolute atomic E-state index is 0.0414. The first-order valence-corrected chi connectivity index (χ1v) is 17.3. The van der Waals surface area contributed by atoms with Crippen LogP contribution in [0.15, 0.2) is 175 Å². The van der Waals surface area contributed by atoms with Crippen LogP contribution in [0.2, 0.25) is 0 Å². The van der Waals surface area contributed by atoms with Gasteiger partial charge in [0.25, 0.3) is 0 Å². The van der Waals surface area contributed by atoms with Crippen LogP contribution in [-0.2, 0) is 0 Å². The van der Waals surface area contributed by atoms with Gasteiger partial charge >= 0.3 is 0 Å². The van der Waals surface area contributed by atoms with Crippen molar-refractivity contribution < 1.29 is 0 Å². The van der Waals surface area contributed by atoms with Gasteiger partial charge in [-0.2, -0.15) is 0 Å². The van der Waals surface area contributed by atoms with Crippen molar-refractivity contribution in [3.05, 3.63) is 192 Å². The number of para-hydroxylation sites is 1. The molecule has 1 atom stereocenters. The number of allylic oxidation sites excluding steroid dienone is 1. The highest BCUT2D eigenvalue weighted by Crippen LogP contribution is 2.37. The van der Waals surface area contributed by atoms with Crippen LogP contribution in [0.25, 0.3) is 32.7 Å². The number of anilines is 2. The molecule has 2 heteroatoms. The summed E-state index contributed by atoms with van der Waals surface area (Å²) in [4.78, 5) is 7.24. The molecule has 0 aromatic heterocycles. The Labute approximate surface area is 291 Å². The zero-order valence-electron chi connectivity index (χ0n) is 29.1. The second kappa shape index (κ2) is 15.4. The van der Waals surface area contributed by atoms with Gasteiger partial charge in [-0.15, -0.1) is 0 Å². The maximum Gasteiger partial charge on any atom is 0.145 e. The van der Waals surface area contributed by atoms with Crippen LogP contribution in [0.4, 0.5) is 11.4 Å². The zero-order valence-corrected chi connectivity index (χ0v) is 29.1. The maximum atomic E-state index is 4.97. The van der Waals surface area contributed by atoms with E-state index in [-0.39, 0.29) is 6.17 Å². The normalized spacial score (nSPS) is 13.2. The second-order valence-corrected chi connectivity index (χ2v) is 12.2. The Hall–Kier alpha value is -5.73. The van der Waals surface area contributed by atoms with Crippen LogP contribution in [0.1, 0.15) is 36.1 Å². The molecule has 1 unspecified atom stereocenters. The number of hydrogen-bond donors (Lipinski definition) is 0. The number of rotatable bonds is 5. The highest BCUT2D eigenvalue weighted by molar-refractivity contribution is 6.10. The van der Waals surface area contributed by atoms with Gasteiger partial charge in [-0.1, -0.05) is 153 Å². The molecule has 0 N–H and O–H groups in total. The molecule has 0 bridgehead atoms. The van der Waals surface area contributed by atoms with Crippen LogP contribution in [0.5, 0.6) is 0 Å². The molecule has 0 radical (unpaired) electrons. The highest BCUT2D eigenvalue weighted by atomic mass is 15.3. The number of aliphatic imine (C=N–C) groups is 1. The largest absolute Gasteiger partial charge is 0.315 e. The topological polar surface area (TPSA) is 15.6 Å². The maximum absolute atomic E-state index is 4.97. The van der Waals surface area contributed by atoms with E-state index in [9.17, 15) is 0 Å². The van der Waals surface area contributed by atoms with Crippen LogP contribution in [0.3, 0.4) is 0 Å². The average molecular weight is 637 g/mol. The molecule has 7 aromatic carbocycles. The number of hydrogen-bond acceptors (Lipinski definition) is 2. The van der Waals surface area contributed by atoms with E-state index >= 15 is 0 Å². The summed E-state index contributed by atoms with van der Waals surface area (Å²) >= 11 is 0. The van der Waals surface area contributed by atoms with Crippen molar-refractivity contribution in [2.75, 3.05) is 4.90 Å². The van der Waals surface area contributed by atoms with Crippen molar-refractivity contribution >= 4 is 38.6 Å². The van der Waals surface area contributed by atoms with Gasteiger partial charge in [-0.25, -0.2) is 0 Å². The molecule has 2 nitrogen and oxygen atoms in total. The van der Waals surface area contributed by atoms with E-state index < -0.39 is 0 Å². The molecule has 0 saturated carbocycles. The summed E-state index contributed by atoms with van der Waals surface area (Å²) in [6.07, 6.45) is 4.24. The van der Waals surface area contributed by atoms with Gasteiger partial charge in [0.15, 0.2) is 0 Å². The predicted molar refractivity (Wildman–Crippen MR) is 213 cm³/mol. The summed E-state index contributed by atoms with van der Waals surface area (Å²) in [5.74, 6) is 0. The summed E-state index contributed by atoms with van der Waals surface area (Å²) in [6, 6.07) is 55.6. The molecular formula is C47H44N2. The van der Waals surface area contributed by atoms with Crippen LogP contribution < -0.4 is 4.90 Å². The van der Waals surface area contributed by atoms with Crippen molar-refractivity contribution in [1.82, 2.24) is 0 Å². The molecule has 1 heterocycles. The molecule has 8 rings (SSSR count). The lowest BCUT2D eigenvalue weighted by atomic mass is 9.89. The third-order valence-electron chi connectivity index (χ3n) is 8.90. The Morgan fingerprint density at radius 1 is 0.510 bits per heavy atom. The molecule has 0 fully saturated rings. The minimum Gasteiger partial charge on any atom is -0.315 e. The van der Waals surface area contributed by atoms with Crippen LogP contribution in [-0.4, -0.2) is 11.9 Å². The van der Waals surface area contributed by atoms with Crippen LogP contribution >= 0.6 is 0 Å². The smallest absolute Gasteiger partial charge is 0.145 e. The van der Waals surface area contributed by atoms with E-state index in [1.807, 2.05) is 38.1 Å². The third kappa shape index (κ3) is 7.24. The Balaban J connectivity index is 0.000000163. The van der Waals surface area contributed by atoms with Gasteiger partial charge in [-0.3, -0.25) is 4.99 Å². The number of benzene rings is 7. The van der Waals surface area contributed by atoms with Crippen LogP contribution in [0, 0.1) is 20.8 Å². The summed E-state index contributed by atoms with van der Waals surface area (Å²) in [7, 11) is 0. The Kier molecular flexibility index (Phi) is 10.5. The monoisotopic (exact) mass is 636 g/mol. The van der Waals surface area contributed by atoms with E-state index in [4.69, 9.17) is 4.99 Å². The van der Waals surface area contributed by atoms with Gasteiger partial charge in [0.1, 0.15) is 6.17 Å². The Morgan fingerprint density at radius 3 is 1.86 bits per heavy atom. The lowest BCUT2D eigenvalue weighted by Crippen LogP contribution is -2.26. The van der Waals surface area contributed by atoms with Crippen molar-refractivity contribution in [2.24, 2.45) is 4.99 Å². The van der Waals surface area contributed by atoms with Gasteiger partial charge in [0.05, 0.1) is 5.71 Å². The number of fused-ring (bicyclic) bond motifs is 2. The fourth-order valence-corrected chi connectivity index (χ4v) is 6.55. The molecule has 7 aromatic rings. The van der Waals surface area contributed by atoms with E-state index in [2.05, 4.69) is 171 Å². The quantitative estimate of drug-likeness (QED) is 0.184. The standard InChI is InChI=1S/C23H20N2.C22H18.C2H6/c1-18-12-14-21(15-13-18)25(20-10-6-3-7-11-20)23-17-16-22(24-23)19-8-4-2-5-9-19;1-15-7-5-9-18-10-6-12-20(21(15)18)22-16(2)13-14-17-8-3-4-11-19(17)22;1-2/h2-17,23H,1H3;3-14H,1-2H3;1-2H3. The second-order valence-electron chi connectivity index (χ2n) is 12.2. The van der Waals surface area contributed by atoms with Gasteiger partial charge in [0.2, 0.25) is 0 Å². The molecule has 0 saturated heterocycles. The molecule has 0 amide bonds. The van der Waals surface area contributed by atoms with Crippen molar-refractivity contribution in [3.8, 4) is 11.1 Å². The van der Waals surface area contributed by atoms with E-state index in [1.165, 1.54) is 49.4 Å². The Morgan fingerprint density at radius 2 is 1.12 bits per heavy atom. The first kappa shape index (κ1) is 33.2. The molecule has 1 aliphatic rings. The number of nitrogens with zero attached hydrogens (tertiary/aromatic N) is 2. The van der Waals surface area contributed by atoms with Gasteiger partial charge in [-0.05, 0) is 107 Å². The molecular weight excluding hydrogens is 593 g/mol. The van der Waals surface area contributed by atoms with E-state index in [1.54, 1.807) is 0 Å². The summed E-state index contributed by atoms with van der Waals surface area (Å²) in [6.45, 7) is 10.5. The number of aryl methyl sites for hydroxylation is 3. The van der Waals surface area contributed by atoms with Crippen molar-refractivity contribution in [1.29, 1.82) is 0 Å². The summed E-state index contributed by atoms with van der Waals surface area (Å²) < 4.78 is 0. The molecule has 0 spiro atoms. The van der Waals surface area contributed by atoms with Crippen molar-refractivity contribution in [2.45, 2.75) is 40.8 Å².